The maximum Gasteiger partial charge on any atom is 0.307 e. The zero-order valence-electron chi connectivity index (χ0n) is 14.6. The molecule has 0 saturated heterocycles. The number of benzene rings is 2. The first-order chi connectivity index (χ1) is 12.2. The molecular formula is C19H21NO5S. The Hall–Kier alpha value is -2.51. The highest BCUT2D eigenvalue weighted by molar-refractivity contribution is 7.89. The molecule has 0 aliphatic rings. The van der Waals surface area contributed by atoms with Crippen molar-refractivity contribution in [1.29, 1.82) is 0 Å². The lowest BCUT2D eigenvalue weighted by Gasteiger charge is -2.14. The van der Waals surface area contributed by atoms with E-state index in [9.17, 15) is 23.1 Å². The van der Waals surface area contributed by atoms with Gasteiger partial charge in [-0.3, -0.25) is 9.59 Å². The minimum absolute atomic E-state index is 0.00304. The van der Waals surface area contributed by atoms with Crippen molar-refractivity contribution < 1.29 is 23.1 Å². The molecule has 1 unspecified atom stereocenters. The van der Waals surface area contributed by atoms with Crippen molar-refractivity contribution in [2.75, 3.05) is 14.1 Å². The molecule has 2 aromatic rings. The van der Waals surface area contributed by atoms with Gasteiger partial charge < -0.3 is 5.11 Å². The molecule has 0 aromatic heterocycles. The standard InChI is InChI=1S/C19H21NO5S/c1-20(2)26(24,25)17-10-6-9-15(12-17)18(21)13-16(19(22)23)11-14-7-4-3-5-8-14/h3-10,12,16H,11,13H2,1-2H3,(H,22,23). The number of carbonyl (C=O) groups is 2. The second kappa shape index (κ2) is 8.25. The predicted octanol–water partition coefficient (Wildman–Crippen LogP) is 2.45. The first-order valence-electron chi connectivity index (χ1n) is 8.04. The number of carboxylic acids is 1. The fraction of sp³-hybridized carbons (Fsp3) is 0.263. The van der Waals surface area contributed by atoms with E-state index in [0.29, 0.717) is 0 Å². The highest BCUT2D eigenvalue weighted by Crippen LogP contribution is 2.19. The Kier molecular flexibility index (Phi) is 6.28. The van der Waals surface area contributed by atoms with Gasteiger partial charge in [0.1, 0.15) is 0 Å². The summed E-state index contributed by atoms with van der Waals surface area (Å²) in [5, 5.41) is 9.43. The van der Waals surface area contributed by atoms with Crippen molar-refractivity contribution in [1.82, 2.24) is 4.31 Å². The molecule has 7 heteroatoms. The van der Waals surface area contributed by atoms with Gasteiger partial charge in [0, 0.05) is 26.1 Å². The van der Waals surface area contributed by atoms with Crippen molar-refractivity contribution in [3.05, 3.63) is 65.7 Å². The van der Waals surface area contributed by atoms with Crippen LogP contribution >= 0.6 is 0 Å². The fourth-order valence-electron chi connectivity index (χ4n) is 2.53. The lowest BCUT2D eigenvalue weighted by Crippen LogP contribution is -2.23. The molecule has 0 heterocycles. The van der Waals surface area contributed by atoms with Crippen LogP contribution in [0.3, 0.4) is 0 Å². The molecule has 2 aromatic carbocycles. The Morgan fingerprint density at radius 3 is 2.27 bits per heavy atom. The maximum atomic E-state index is 12.5. The van der Waals surface area contributed by atoms with Crippen LogP contribution in [0.1, 0.15) is 22.3 Å². The Labute approximate surface area is 153 Å². The Morgan fingerprint density at radius 1 is 1.04 bits per heavy atom. The van der Waals surface area contributed by atoms with Crippen molar-refractivity contribution in [2.45, 2.75) is 17.7 Å². The van der Waals surface area contributed by atoms with Gasteiger partial charge >= 0.3 is 5.97 Å². The lowest BCUT2D eigenvalue weighted by atomic mass is 9.92. The zero-order valence-corrected chi connectivity index (χ0v) is 15.4. The van der Waals surface area contributed by atoms with Gasteiger partial charge in [0.2, 0.25) is 10.0 Å². The smallest absolute Gasteiger partial charge is 0.307 e. The van der Waals surface area contributed by atoms with Crippen molar-refractivity contribution >= 4 is 21.8 Å². The summed E-state index contributed by atoms with van der Waals surface area (Å²) in [6, 6.07) is 14.8. The second-order valence-corrected chi connectivity index (χ2v) is 8.32. The van der Waals surface area contributed by atoms with Crippen LogP contribution in [0.15, 0.2) is 59.5 Å². The molecule has 0 bridgehead atoms. The highest BCUT2D eigenvalue weighted by atomic mass is 32.2. The highest BCUT2D eigenvalue weighted by Gasteiger charge is 2.24. The average Bonchev–Trinajstić information content (AvgIpc) is 2.61. The zero-order chi connectivity index (χ0) is 19.3. The molecule has 0 aliphatic heterocycles. The monoisotopic (exact) mass is 375 g/mol. The van der Waals surface area contributed by atoms with Gasteiger partial charge in [0.25, 0.3) is 0 Å². The average molecular weight is 375 g/mol. The summed E-state index contributed by atoms with van der Waals surface area (Å²) in [4.78, 5) is 24.1. The molecule has 0 radical (unpaired) electrons. The number of hydrogen-bond donors (Lipinski definition) is 1. The molecule has 0 amide bonds. The number of ketones is 1. The van der Waals surface area contributed by atoms with Gasteiger partial charge in [-0.15, -0.1) is 0 Å². The van der Waals surface area contributed by atoms with Gasteiger partial charge in [-0.2, -0.15) is 0 Å². The first kappa shape index (κ1) is 19.8. The van der Waals surface area contributed by atoms with Gasteiger partial charge in [-0.25, -0.2) is 12.7 Å². The summed E-state index contributed by atoms with van der Waals surface area (Å²) < 4.78 is 25.5. The molecule has 2 rings (SSSR count). The number of carbonyl (C=O) groups excluding carboxylic acids is 1. The van der Waals surface area contributed by atoms with E-state index >= 15 is 0 Å². The summed E-state index contributed by atoms with van der Waals surface area (Å²) in [5.74, 6) is -2.33. The van der Waals surface area contributed by atoms with Crippen molar-refractivity contribution in [3.8, 4) is 0 Å². The second-order valence-electron chi connectivity index (χ2n) is 6.17. The minimum atomic E-state index is -3.66. The molecule has 1 atom stereocenters. The van der Waals surface area contributed by atoms with Crippen molar-refractivity contribution in [3.63, 3.8) is 0 Å². The number of hydrogen-bond acceptors (Lipinski definition) is 4. The maximum absolute atomic E-state index is 12.5. The Morgan fingerprint density at radius 2 is 1.69 bits per heavy atom. The third-order valence-corrected chi connectivity index (χ3v) is 5.85. The number of nitrogens with zero attached hydrogens (tertiary/aromatic N) is 1. The summed E-state index contributed by atoms with van der Waals surface area (Å²) in [6.45, 7) is 0. The van der Waals surface area contributed by atoms with E-state index in [0.717, 1.165) is 9.87 Å². The number of Topliss-reactive ketones (excluding diaryl/α,β-unsaturated/α-hetero) is 1. The number of aliphatic carboxylic acids is 1. The molecule has 0 spiro atoms. The van der Waals surface area contributed by atoms with Crippen LogP contribution in [0.2, 0.25) is 0 Å². The van der Waals surface area contributed by atoms with Crippen LogP contribution in [0.25, 0.3) is 0 Å². The lowest BCUT2D eigenvalue weighted by molar-refractivity contribution is -0.141. The normalized spacial score (nSPS) is 12.7. The SMILES string of the molecule is CN(C)S(=O)(=O)c1cccc(C(=O)CC(Cc2ccccc2)C(=O)O)c1. The Balaban J connectivity index is 2.21. The van der Waals surface area contributed by atoms with Crippen LogP contribution in [0.5, 0.6) is 0 Å². The number of rotatable bonds is 8. The van der Waals surface area contributed by atoms with E-state index in [4.69, 9.17) is 0 Å². The predicted molar refractivity (Wildman–Crippen MR) is 97.5 cm³/mol. The van der Waals surface area contributed by atoms with Gasteiger partial charge in [-0.1, -0.05) is 42.5 Å². The Bertz CT molecular complexity index is 891. The van der Waals surface area contributed by atoms with E-state index in [1.165, 1.54) is 38.4 Å². The molecule has 0 saturated carbocycles. The molecular weight excluding hydrogens is 354 g/mol. The van der Waals surface area contributed by atoms with E-state index < -0.39 is 27.7 Å². The first-order valence-corrected chi connectivity index (χ1v) is 9.48. The van der Waals surface area contributed by atoms with E-state index in [1.54, 1.807) is 0 Å². The summed E-state index contributed by atoms with van der Waals surface area (Å²) in [5.41, 5.74) is 1.02. The van der Waals surface area contributed by atoms with Crippen LogP contribution < -0.4 is 0 Å². The largest absolute Gasteiger partial charge is 0.481 e. The van der Waals surface area contributed by atoms with E-state index in [2.05, 4.69) is 0 Å². The molecule has 6 nitrogen and oxygen atoms in total. The van der Waals surface area contributed by atoms with Gasteiger partial charge in [-0.05, 0) is 24.1 Å². The summed E-state index contributed by atoms with van der Waals surface area (Å²) in [6.07, 6.45) is 0.0350. The van der Waals surface area contributed by atoms with Crippen molar-refractivity contribution in [2.24, 2.45) is 5.92 Å². The van der Waals surface area contributed by atoms with E-state index in [-0.39, 0.29) is 23.3 Å². The minimum Gasteiger partial charge on any atom is -0.481 e. The topological polar surface area (TPSA) is 91.8 Å². The number of sulfonamides is 1. The third kappa shape index (κ3) is 4.77. The quantitative estimate of drug-likeness (QED) is 0.716. The van der Waals surface area contributed by atoms with Gasteiger partial charge in [0.05, 0.1) is 10.8 Å². The summed E-state index contributed by atoms with van der Waals surface area (Å²) >= 11 is 0. The molecule has 138 valence electrons. The molecule has 1 N–H and O–H groups in total. The number of carboxylic acid groups (broad SMARTS) is 1. The third-order valence-electron chi connectivity index (χ3n) is 4.04. The van der Waals surface area contributed by atoms with Crippen LogP contribution in [-0.4, -0.2) is 43.7 Å². The van der Waals surface area contributed by atoms with Crippen LogP contribution in [0.4, 0.5) is 0 Å². The van der Waals surface area contributed by atoms with Crippen LogP contribution in [-0.2, 0) is 21.2 Å². The fourth-order valence-corrected chi connectivity index (χ4v) is 3.48. The van der Waals surface area contributed by atoms with Crippen LogP contribution in [0, 0.1) is 5.92 Å². The molecule has 0 aliphatic carbocycles. The van der Waals surface area contributed by atoms with Gasteiger partial charge in [0.15, 0.2) is 5.78 Å². The summed E-state index contributed by atoms with van der Waals surface area (Å²) in [7, 11) is -0.848. The molecule has 26 heavy (non-hydrogen) atoms. The van der Waals surface area contributed by atoms with E-state index in [1.807, 2.05) is 30.3 Å². The molecule has 0 fully saturated rings.